The molecule has 0 saturated carbocycles. The van der Waals surface area contributed by atoms with E-state index in [9.17, 15) is 15.0 Å². The molecule has 2 unspecified atom stereocenters. The number of nitrogens with one attached hydrogen (secondary N) is 2. The fraction of sp³-hybridized carbons (Fsp3) is 0.410. The van der Waals surface area contributed by atoms with Crippen molar-refractivity contribution in [1.82, 2.24) is 14.2 Å². The molecule has 1 aromatic heterocycles. The maximum Gasteiger partial charge on any atom is 0.219 e. The zero-order valence-corrected chi connectivity index (χ0v) is 29.6. The van der Waals surface area contributed by atoms with Gasteiger partial charge in [0, 0.05) is 61.1 Å². The average Bonchev–Trinajstić information content (AvgIpc) is 3.74. The lowest BCUT2D eigenvalue weighted by molar-refractivity contribution is -0.118. The van der Waals surface area contributed by atoms with Gasteiger partial charge in [0.25, 0.3) is 0 Å². The minimum atomic E-state index is -0.348. The standard InChI is InChI=1S/C39H51N7O3S/c40-38(49)28-35(41-29-33-9-7-22-46(33)50-34-10-3-1-4-11-34)31-14-17-37-36(27-31)42-39(45(37)21-8-20-43-18-5-2-6-19-43)30-12-15-32(16-13-30)44(23-25-47)24-26-48/h1,3-4,7,9-17,22,27,35,39,41-42,47-48H,2,5-6,8,18-21,23-26,28-29H2,(H2,40,49). The number of fused-ring (bicyclic) bond motifs is 1. The first-order valence-corrected chi connectivity index (χ1v) is 18.7. The van der Waals surface area contributed by atoms with Gasteiger partial charge in [-0.05, 0) is 111 Å². The summed E-state index contributed by atoms with van der Waals surface area (Å²) >= 11 is 1.66. The van der Waals surface area contributed by atoms with Gasteiger partial charge in [-0.3, -0.25) is 8.77 Å². The van der Waals surface area contributed by atoms with Crippen molar-refractivity contribution in [3.63, 3.8) is 0 Å². The van der Waals surface area contributed by atoms with Gasteiger partial charge >= 0.3 is 0 Å². The van der Waals surface area contributed by atoms with Gasteiger partial charge in [0.05, 0.1) is 24.6 Å². The van der Waals surface area contributed by atoms with Gasteiger partial charge in [0.2, 0.25) is 5.91 Å². The number of primary amides is 1. The molecule has 1 saturated heterocycles. The number of hydrogen-bond donors (Lipinski definition) is 5. The van der Waals surface area contributed by atoms with Crippen LogP contribution < -0.4 is 26.2 Å². The van der Waals surface area contributed by atoms with Gasteiger partial charge in [0.1, 0.15) is 6.17 Å². The summed E-state index contributed by atoms with van der Waals surface area (Å²) in [7, 11) is 0. The first kappa shape index (κ1) is 35.8. The minimum absolute atomic E-state index is 0.0272. The van der Waals surface area contributed by atoms with Crippen LogP contribution in [0.4, 0.5) is 17.1 Å². The summed E-state index contributed by atoms with van der Waals surface area (Å²) in [6.45, 7) is 5.93. The largest absolute Gasteiger partial charge is 0.395 e. The van der Waals surface area contributed by atoms with Crippen LogP contribution >= 0.6 is 11.9 Å². The Hall–Kier alpha value is -4.00. The number of carbonyl (C=O) groups is 1. The van der Waals surface area contributed by atoms with Crippen LogP contribution in [0, 0.1) is 0 Å². The summed E-state index contributed by atoms with van der Waals surface area (Å²) in [4.78, 5) is 20.5. The predicted octanol–water partition coefficient (Wildman–Crippen LogP) is 5.35. The van der Waals surface area contributed by atoms with Crippen LogP contribution in [0.15, 0.2) is 96.0 Å². The number of rotatable bonds is 18. The Morgan fingerprint density at radius 1 is 0.940 bits per heavy atom. The second-order valence-electron chi connectivity index (χ2n) is 13.1. The predicted molar refractivity (Wildman–Crippen MR) is 203 cm³/mol. The Balaban J connectivity index is 1.21. The Morgan fingerprint density at radius 2 is 1.70 bits per heavy atom. The quantitative estimate of drug-likeness (QED) is 0.0938. The maximum atomic E-state index is 12.3. The fourth-order valence-electron chi connectivity index (χ4n) is 7.10. The number of aromatic nitrogens is 1. The van der Waals surface area contributed by atoms with Gasteiger partial charge in [0.15, 0.2) is 0 Å². The Labute approximate surface area is 300 Å². The molecule has 3 aromatic carbocycles. The van der Waals surface area contributed by atoms with Crippen LogP contribution in [0.5, 0.6) is 0 Å². The van der Waals surface area contributed by atoms with Crippen LogP contribution in [0.3, 0.4) is 0 Å². The Kier molecular flexibility index (Phi) is 12.7. The molecular formula is C39H51N7O3S. The van der Waals surface area contributed by atoms with Gasteiger partial charge in [-0.2, -0.15) is 0 Å². The van der Waals surface area contributed by atoms with E-state index in [1.54, 1.807) is 11.9 Å². The summed E-state index contributed by atoms with van der Waals surface area (Å²) in [5.74, 6) is -0.348. The third-order valence-corrected chi connectivity index (χ3v) is 10.7. The number of likely N-dealkylation sites (tertiary alicyclic amines) is 1. The summed E-state index contributed by atoms with van der Waals surface area (Å²) in [5.41, 5.74) is 12.2. The zero-order chi connectivity index (χ0) is 34.7. The molecule has 6 N–H and O–H groups in total. The van der Waals surface area contributed by atoms with E-state index in [1.165, 1.54) is 32.4 Å². The number of aliphatic hydroxyl groups excluding tert-OH is 2. The summed E-state index contributed by atoms with van der Waals surface area (Å²) < 4.78 is 2.15. The van der Waals surface area contributed by atoms with E-state index in [4.69, 9.17) is 5.73 Å². The number of anilines is 3. The van der Waals surface area contributed by atoms with E-state index in [0.717, 1.165) is 58.3 Å². The van der Waals surface area contributed by atoms with Crippen molar-refractivity contribution in [2.45, 2.75) is 55.8 Å². The normalized spacial score (nSPS) is 16.6. The molecule has 0 spiro atoms. The van der Waals surface area contributed by atoms with Crippen LogP contribution in [0.25, 0.3) is 0 Å². The lowest BCUT2D eigenvalue weighted by atomic mass is 10.0. The monoisotopic (exact) mass is 697 g/mol. The first-order valence-electron chi connectivity index (χ1n) is 17.9. The van der Waals surface area contributed by atoms with E-state index in [-0.39, 0.29) is 37.7 Å². The van der Waals surface area contributed by atoms with Crippen molar-refractivity contribution in [2.24, 2.45) is 5.73 Å². The topological polar surface area (TPSA) is 122 Å². The molecule has 266 valence electrons. The molecule has 50 heavy (non-hydrogen) atoms. The summed E-state index contributed by atoms with van der Waals surface area (Å²) in [5, 5.41) is 26.5. The number of hydrogen-bond acceptors (Lipinski definition) is 9. The number of aliphatic hydroxyl groups is 2. The molecule has 0 bridgehead atoms. The molecule has 2 aliphatic heterocycles. The second kappa shape index (κ2) is 17.8. The Bertz CT molecular complexity index is 1640. The van der Waals surface area contributed by atoms with E-state index in [1.807, 2.05) is 29.2 Å². The minimum Gasteiger partial charge on any atom is -0.395 e. The van der Waals surface area contributed by atoms with Crippen molar-refractivity contribution in [2.75, 3.05) is 67.6 Å². The number of piperidine rings is 1. The third-order valence-electron chi connectivity index (χ3n) is 9.65. The molecule has 11 heteroatoms. The number of nitrogens with zero attached hydrogens (tertiary/aromatic N) is 4. The Morgan fingerprint density at radius 3 is 2.42 bits per heavy atom. The highest BCUT2D eigenvalue weighted by Gasteiger charge is 2.31. The number of benzene rings is 3. The highest BCUT2D eigenvalue weighted by Crippen LogP contribution is 2.43. The van der Waals surface area contributed by atoms with Crippen molar-refractivity contribution < 1.29 is 15.0 Å². The molecule has 4 aromatic rings. The van der Waals surface area contributed by atoms with Crippen LogP contribution in [-0.2, 0) is 11.3 Å². The van der Waals surface area contributed by atoms with Gasteiger partial charge in [-0.15, -0.1) is 0 Å². The SMILES string of the molecule is NC(=O)CC(NCc1cccn1Sc1ccccc1)c1ccc2c(c1)NC(c1ccc(N(CCO)CCO)cc1)N2CCCN1CCCCC1. The van der Waals surface area contributed by atoms with Crippen LogP contribution in [0.2, 0.25) is 0 Å². The highest BCUT2D eigenvalue weighted by molar-refractivity contribution is 7.97. The van der Waals surface area contributed by atoms with Crippen molar-refractivity contribution >= 4 is 34.9 Å². The molecule has 2 aliphatic rings. The summed E-state index contributed by atoms with van der Waals surface area (Å²) in [6, 6.07) is 29.1. The fourth-order valence-corrected chi connectivity index (χ4v) is 7.98. The molecule has 3 heterocycles. The number of carbonyl (C=O) groups excluding carboxylic acids is 1. The zero-order valence-electron chi connectivity index (χ0n) is 28.8. The molecule has 1 amide bonds. The molecule has 1 fully saturated rings. The maximum absolute atomic E-state index is 12.3. The van der Waals surface area contributed by atoms with Crippen LogP contribution in [0.1, 0.15) is 61.1 Å². The lowest BCUT2D eigenvalue weighted by Crippen LogP contribution is -2.34. The molecule has 2 atom stereocenters. The summed E-state index contributed by atoms with van der Waals surface area (Å²) in [6.07, 6.45) is 7.15. The van der Waals surface area contributed by atoms with E-state index >= 15 is 0 Å². The van der Waals surface area contributed by atoms with Gasteiger partial charge in [-0.25, -0.2) is 0 Å². The smallest absolute Gasteiger partial charge is 0.219 e. The second-order valence-corrected chi connectivity index (χ2v) is 14.2. The number of nitrogens with two attached hydrogens (primary N) is 1. The molecule has 0 aliphatic carbocycles. The van der Waals surface area contributed by atoms with Gasteiger partial charge < -0.3 is 41.3 Å². The van der Waals surface area contributed by atoms with Crippen molar-refractivity contribution in [3.8, 4) is 0 Å². The van der Waals surface area contributed by atoms with Gasteiger partial charge in [-0.1, -0.05) is 42.8 Å². The average molecular weight is 698 g/mol. The van der Waals surface area contributed by atoms with E-state index in [2.05, 4.69) is 91.3 Å². The molecule has 10 nitrogen and oxygen atoms in total. The molecule has 6 rings (SSSR count). The highest BCUT2D eigenvalue weighted by atomic mass is 32.2. The van der Waals surface area contributed by atoms with Crippen molar-refractivity contribution in [1.29, 1.82) is 0 Å². The van der Waals surface area contributed by atoms with E-state index in [0.29, 0.717) is 19.6 Å². The van der Waals surface area contributed by atoms with Crippen LogP contribution in [-0.4, -0.2) is 77.5 Å². The van der Waals surface area contributed by atoms with Crippen molar-refractivity contribution in [3.05, 3.63) is 108 Å². The molecular weight excluding hydrogens is 647 g/mol. The number of amides is 1. The molecule has 0 radical (unpaired) electrons. The lowest BCUT2D eigenvalue weighted by Gasteiger charge is -2.30. The first-order chi connectivity index (χ1) is 24.5. The third kappa shape index (κ3) is 9.21. The van der Waals surface area contributed by atoms with E-state index < -0.39 is 0 Å².